The molecule has 2 nitrogen and oxygen atoms in total. The lowest BCUT2D eigenvalue weighted by Crippen LogP contribution is -2.35. The molecule has 0 saturated heterocycles. The third-order valence-corrected chi connectivity index (χ3v) is 12.0. The zero-order valence-electron chi connectivity index (χ0n) is 29.8. The summed E-state index contributed by atoms with van der Waals surface area (Å²) in [5, 5.41) is 11.6. The first-order chi connectivity index (χ1) is 27.3. The van der Waals surface area contributed by atoms with Crippen LogP contribution < -0.4 is 4.74 Å². The summed E-state index contributed by atoms with van der Waals surface area (Å²) in [6.07, 6.45) is 0. The van der Waals surface area contributed by atoms with Gasteiger partial charge in [-0.15, -0.1) is 0 Å². The molecule has 1 aliphatic rings. The van der Waals surface area contributed by atoms with E-state index in [0.29, 0.717) is 0 Å². The molecule has 0 amide bonds. The molecule has 2 heterocycles. The van der Waals surface area contributed by atoms with E-state index in [1.807, 2.05) is 12.1 Å². The molecule has 12 rings (SSSR count). The van der Waals surface area contributed by atoms with Gasteiger partial charge in [-0.25, -0.2) is 0 Å². The highest BCUT2D eigenvalue weighted by Crippen LogP contribution is 2.62. The lowest BCUT2D eigenvalue weighted by atomic mass is 9.61. The molecule has 0 spiro atoms. The molecule has 0 bridgehead atoms. The van der Waals surface area contributed by atoms with Crippen LogP contribution in [0, 0.1) is 0 Å². The van der Waals surface area contributed by atoms with Gasteiger partial charge in [-0.1, -0.05) is 176 Å². The van der Waals surface area contributed by atoms with Crippen LogP contribution in [0.4, 0.5) is 0 Å². The Morgan fingerprint density at radius 2 is 0.709 bits per heavy atom. The van der Waals surface area contributed by atoms with Gasteiger partial charge in [0.2, 0.25) is 0 Å². The number of hydrogen-bond acceptors (Lipinski definition) is 2. The van der Waals surface area contributed by atoms with Crippen LogP contribution >= 0.6 is 0 Å². The van der Waals surface area contributed by atoms with E-state index >= 15 is 0 Å². The topological polar surface area (TPSA) is 22.4 Å². The molecule has 256 valence electrons. The Kier molecular flexibility index (Phi) is 6.29. The molecular formula is C53H32O2. The van der Waals surface area contributed by atoms with Crippen LogP contribution in [-0.2, 0) is 5.41 Å². The van der Waals surface area contributed by atoms with Crippen molar-refractivity contribution in [1.29, 1.82) is 0 Å². The van der Waals surface area contributed by atoms with E-state index in [-0.39, 0.29) is 0 Å². The Bertz CT molecular complexity index is 3210. The molecule has 10 aromatic carbocycles. The highest BCUT2D eigenvalue weighted by atomic mass is 16.5. The van der Waals surface area contributed by atoms with Gasteiger partial charge in [-0.2, -0.15) is 0 Å². The van der Waals surface area contributed by atoms with Crippen LogP contribution in [0.3, 0.4) is 0 Å². The average Bonchev–Trinajstić information content (AvgIpc) is 3.64. The molecule has 0 N–H and O–H groups in total. The summed E-state index contributed by atoms with van der Waals surface area (Å²) in [5.74, 6) is 1.82. The van der Waals surface area contributed by atoms with E-state index in [1.54, 1.807) is 0 Å². The van der Waals surface area contributed by atoms with Crippen molar-refractivity contribution in [3.05, 3.63) is 216 Å². The number of hydrogen-bond donors (Lipinski definition) is 0. The molecule has 11 aromatic rings. The third-order valence-electron chi connectivity index (χ3n) is 12.0. The van der Waals surface area contributed by atoms with Crippen molar-refractivity contribution < 1.29 is 9.15 Å². The fraction of sp³-hybridized carbons (Fsp3) is 0.0189. The standard InChI is InChI=1S/C53H32O2/c1-2-14-35(15-3-1)53(36-29-26-33(27-30-36)34-28-31-42-41-20-12-13-25-47(41)54-48(42)32-34)49-43-21-8-4-16-37(43)39-18-6-10-23-45(39)51(49)55-52-46-24-11-7-19-40(46)38-17-5-9-22-44(38)50(52)53/h1-32H. The zero-order valence-corrected chi connectivity index (χ0v) is 29.8. The fourth-order valence-electron chi connectivity index (χ4n) is 9.65. The summed E-state index contributed by atoms with van der Waals surface area (Å²) in [4.78, 5) is 0. The molecular weight excluding hydrogens is 669 g/mol. The number of benzene rings is 10. The van der Waals surface area contributed by atoms with Gasteiger partial charge in [0.15, 0.2) is 0 Å². The quantitative estimate of drug-likeness (QED) is 0.171. The number of rotatable bonds is 3. The zero-order chi connectivity index (χ0) is 36.1. The molecule has 55 heavy (non-hydrogen) atoms. The molecule has 1 aliphatic heterocycles. The number of fused-ring (bicyclic) bond motifs is 15. The van der Waals surface area contributed by atoms with Crippen LogP contribution in [-0.4, -0.2) is 0 Å². The van der Waals surface area contributed by atoms with Gasteiger partial charge >= 0.3 is 0 Å². The number of furan rings is 1. The maximum atomic E-state index is 7.47. The van der Waals surface area contributed by atoms with Crippen molar-refractivity contribution >= 4 is 65.0 Å². The van der Waals surface area contributed by atoms with Crippen LogP contribution in [0.5, 0.6) is 11.5 Å². The maximum Gasteiger partial charge on any atom is 0.140 e. The van der Waals surface area contributed by atoms with Crippen molar-refractivity contribution in [2.75, 3.05) is 0 Å². The predicted molar refractivity (Wildman–Crippen MR) is 228 cm³/mol. The Morgan fingerprint density at radius 3 is 1.29 bits per heavy atom. The second kappa shape index (κ2) is 11.4. The smallest absolute Gasteiger partial charge is 0.140 e. The van der Waals surface area contributed by atoms with E-state index in [1.165, 1.54) is 43.4 Å². The first kappa shape index (κ1) is 30.3. The molecule has 0 saturated carbocycles. The summed E-state index contributed by atoms with van der Waals surface area (Å²) in [5.41, 5.74) is 8.00. The lowest BCUT2D eigenvalue weighted by Gasteiger charge is -2.44. The Morgan fingerprint density at radius 1 is 0.291 bits per heavy atom. The Hall–Kier alpha value is -7.16. The van der Waals surface area contributed by atoms with E-state index in [9.17, 15) is 0 Å². The van der Waals surface area contributed by atoms with Crippen molar-refractivity contribution in [3.63, 3.8) is 0 Å². The summed E-state index contributed by atoms with van der Waals surface area (Å²) in [7, 11) is 0. The molecule has 2 heteroatoms. The van der Waals surface area contributed by atoms with E-state index < -0.39 is 5.41 Å². The van der Waals surface area contributed by atoms with E-state index in [2.05, 4.69) is 182 Å². The van der Waals surface area contributed by atoms with Gasteiger partial charge in [0.1, 0.15) is 22.7 Å². The van der Waals surface area contributed by atoms with Crippen LogP contribution in [0.15, 0.2) is 199 Å². The Balaban J connectivity index is 1.23. The van der Waals surface area contributed by atoms with Gasteiger partial charge in [0, 0.05) is 32.7 Å². The fourth-order valence-corrected chi connectivity index (χ4v) is 9.65. The van der Waals surface area contributed by atoms with Gasteiger partial charge in [0.05, 0.1) is 5.41 Å². The van der Waals surface area contributed by atoms with Crippen molar-refractivity contribution in [2.24, 2.45) is 0 Å². The monoisotopic (exact) mass is 700 g/mol. The molecule has 0 fully saturated rings. The summed E-state index contributed by atoms with van der Waals surface area (Å²) in [6.45, 7) is 0. The highest BCUT2D eigenvalue weighted by Gasteiger charge is 2.49. The summed E-state index contributed by atoms with van der Waals surface area (Å²) >= 11 is 0. The third kappa shape index (κ3) is 4.14. The second-order valence-electron chi connectivity index (χ2n) is 14.7. The van der Waals surface area contributed by atoms with Crippen molar-refractivity contribution in [2.45, 2.75) is 5.41 Å². The highest BCUT2D eigenvalue weighted by molar-refractivity contribution is 6.18. The minimum Gasteiger partial charge on any atom is -0.456 e. The summed E-state index contributed by atoms with van der Waals surface area (Å²) < 4.78 is 13.8. The average molecular weight is 701 g/mol. The minimum atomic E-state index is -0.751. The molecule has 0 unspecified atom stereocenters. The Labute approximate surface area is 317 Å². The first-order valence-electron chi connectivity index (χ1n) is 18.9. The first-order valence-corrected chi connectivity index (χ1v) is 18.9. The van der Waals surface area contributed by atoms with Gasteiger partial charge < -0.3 is 9.15 Å². The minimum absolute atomic E-state index is 0.751. The summed E-state index contributed by atoms with van der Waals surface area (Å²) in [6, 6.07) is 70.3. The lowest BCUT2D eigenvalue weighted by molar-refractivity contribution is 0.449. The second-order valence-corrected chi connectivity index (χ2v) is 14.7. The normalized spacial score (nSPS) is 13.4. The van der Waals surface area contributed by atoms with E-state index in [0.717, 1.165) is 66.5 Å². The predicted octanol–water partition coefficient (Wildman–Crippen LogP) is 14.4. The number of ether oxygens (including phenoxy) is 1. The maximum absolute atomic E-state index is 7.47. The SMILES string of the molecule is c1ccc(C2(c3ccc(-c4ccc5c(c4)oc4ccccc45)cc3)c3c(c4ccccc4c4ccccc34)Oc3c2c2ccccc2c2ccccc32)cc1. The molecule has 0 aliphatic carbocycles. The molecule has 0 atom stereocenters. The molecule has 1 aromatic heterocycles. The van der Waals surface area contributed by atoms with Gasteiger partial charge in [-0.3, -0.25) is 0 Å². The van der Waals surface area contributed by atoms with Crippen molar-refractivity contribution in [3.8, 4) is 22.6 Å². The van der Waals surface area contributed by atoms with E-state index in [4.69, 9.17) is 9.15 Å². The largest absolute Gasteiger partial charge is 0.456 e. The van der Waals surface area contributed by atoms with Crippen LogP contribution in [0.1, 0.15) is 22.3 Å². The van der Waals surface area contributed by atoms with Crippen molar-refractivity contribution in [1.82, 2.24) is 0 Å². The number of para-hydroxylation sites is 1. The van der Waals surface area contributed by atoms with Crippen LogP contribution in [0.2, 0.25) is 0 Å². The molecule has 0 radical (unpaired) electrons. The van der Waals surface area contributed by atoms with Gasteiger partial charge in [0.25, 0.3) is 0 Å². The van der Waals surface area contributed by atoms with Gasteiger partial charge in [-0.05, 0) is 72.8 Å². The van der Waals surface area contributed by atoms with Crippen LogP contribution in [0.25, 0.3) is 76.2 Å².